The van der Waals surface area contributed by atoms with Crippen molar-refractivity contribution < 1.29 is 22.0 Å². The van der Waals surface area contributed by atoms with E-state index in [9.17, 15) is 22.0 Å². The zero-order chi connectivity index (χ0) is 15.5. The van der Waals surface area contributed by atoms with Gasteiger partial charge in [0.2, 0.25) is 0 Å². The van der Waals surface area contributed by atoms with Crippen LogP contribution in [0, 0.1) is 0 Å². The van der Waals surface area contributed by atoms with E-state index in [0.717, 1.165) is 11.3 Å². The molecule has 0 aliphatic rings. The third kappa shape index (κ3) is 3.45. The molecule has 5 nitrogen and oxygen atoms in total. The predicted octanol–water partition coefficient (Wildman–Crippen LogP) is 2.39. The minimum absolute atomic E-state index is 0.00134. The standard InChI is InChI=1S/C11H16F2N2O3S2/c1-3-6(16)9-8(14)10(20(17,18)4-2)11(19-9)15-5-7(12)13/h7,15H,3-5,14H2,1-2H3. The van der Waals surface area contributed by atoms with Crippen LogP contribution in [0.2, 0.25) is 0 Å². The van der Waals surface area contributed by atoms with Gasteiger partial charge in [-0.15, -0.1) is 11.3 Å². The Morgan fingerprint density at radius 1 is 1.40 bits per heavy atom. The van der Waals surface area contributed by atoms with Crippen LogP contribution in [0.4, 0.5) is 19.5 Å². The second kappa shape index (κ2) is 6.49. The van der Waals surface area contributed by atoms with Crippen molar-refractivity contribution in [1.82, 2.24) is 0 Å². The van der Waals surface area contributed by atoms with E-state index in [-0.39, 0.29) is 38.4 Å². The minimum atomic E-state index is -3.70. The van der Waals surface area contributed by atoms with E-state index in [1.54, 1.807) is 6.92 Å². The third-order valence-electron chi connectivity index (χ3n) is 2.58. The summed E-state index contributed by atoms with van der Waals surface area (Å²) in [7, 11) is -3.70. The molecule has 0 amide bonds. The number of sulfone groups is 1. The summed E-state index contributed by atoms with van der Waals surface area (Å²) < 4.78 is 48.5. The third-order valence-corrected chi connectivity index (χ3v) is 5.72. The topological polar surface area (TPSA) is 89.3 Å². The first kappa shape index (κ1) is 16.8. The Morgan fingerprint density at radius 3 is 2.45 bits per heavy atom. The maximum atomic E-state index is 12.3. The van der Waals surface area contributed by atoms with Gasteiger partial charge in [-0.3, -0.25) is 4.79 Å². The zero-order valence-corrected chi connectivity index (χ0v) is 12.7. The fourth-order valence-corrected chi connectivity index (χ4v) is 4.22. The molecule has 0 unspecified atom stereocenters. The lowest BCUT2D eigenvalue weighted by atomic mass is 10.2. The molecule has 0 saturated heterocycles. The Labute approximate surface area is 120 Å². The molecule has 1 heterocycles. The number of hydrogen-bond donors (Lipinski definition) is 2. The average molecular weight is 326 g/mol. The summed E-state index contributed by atoms with van der Waals surface area (Å²) in [6.45, 7) is 2.33. The number of Topliss-reactive ketones (excluding diaryl/α,β-unsaturated/α-hetero) is 1. The van der Waals surface area contributed by atoms with Crippen LogP contribution in [0.5, 0.6) is 0 Å². The monoisotopic (exact) mass is 326 g/mol. The number of rotatable bonds is 7. The molecule has 1 aromatic rings. The quantitative estimate of drug-likeness (QED) is 0.751. The van der Waals surface area contributed by atoms with Crippen molar-refractivity contribution in [3.05, 3.63) is 4.88 Å². The number of thiophene rings is 1. The molecule has 0 bridgehead atoms. The summed E-state index contributed by atoms with van der Waals surface area (Å²) in [4.78, 5) is 11.6. The first-order chi connectivity index (χ1) is 9.24. The van der Waals surface area contributed by atoms with Gasteiger partial charge in [-0.25, -0.2) is 17.2 Å². The van der Waals surface area contributed by atoms with Crippen LogP contribution in [0.3, 0.4) is 0 Å². The Hall–Kier alpha value is -1.22. The number of carbonyl (C=O) groups excluding carboxylic acids is 1. The summed E-state index contributed by atoms with van der Waals surface area (Å²) in [6, 6.07) is 0. The van der Waals surface area contributed by atoms with Gasteiger partial charge in [0.1, 0.15) is 9.90 Å². The van der Waals surface area contributed by atoms with E-state index in [1.807, 2.05) is 0 Å². The Bertz CT molecular complexity index is 597. The Balaban J connectivity index is 3.37. The van der Waals surface area contributed by atoms with Crippen LogP contribution in [-0.2, 0) is 9.84 Å². The van der Waals surface area contributed by atoms with Crippen LogP contribution in [0.25, 0.3) is 0 Å². The fraction of sp³-hybridized carbons (Fsp3) is 0.545. The van der Waals surface area contributed by atoms with E-state index in [1.165, 1.54) is 6.92 Å². The van der Waals surface area contributed by atoms with Crippen molar-refractivity contribution in [3.8, 4) is 0 Å². The molecule has 0 atom stereocenters. The summed E-state index contributed by atoms with van der Waals surface area (Å²) in [5.41, 5.74) is 5.58. The van der Waals surface area contributed by atoms with Crippen molar-refractivity contribution in [2.45, 2.75) is 31.6 Å². The van der Waals surface area contributed by atoms with E-state index in [2.05, 4.69) is 5.32 Å². The molecule has 114 valence electrons. The number of hydrogen-bond acceptors (Lipinski definition) is 6. The highest BCUT2D eigenvalue weighted by atomic mass is 32.2. The second-order valence-corrected chi connectivity index (χ2v) is 7.19. The largest absolute Gasteiger partial charge is 0.396 e. The molecule has 1 aromatic heterocycles. The molecule has 0 saturated carbocycles. The Kier molecular flexibility index (Phi) is 5.46. The lowest BCUT2D eigenvalue weighted by molar-refractivity contribution is 0.0992. The smallest absolute Gasteiger partial charge is 0.255 e. The molecule has 9 heteroatoms. The first-order valence-corrected chi connectivity index (χ1v) is 8.41. The van der Waals surface area contributed by atoms with Gasteiger partial charge in [0.05, 0.1) is 22.9 Å². The highest BCUT2D eigenvalue weighted by molar-refractivity contribution is 7.91. The van der Waals surface area contributed by atoms with Gasteiger partial charge in [-0.2, -0.15) is 0 Å². The predicted molar refractivity (Wildman–Crippen MR) is 75.6 cm³/mol. The van der Waals surface area contributed by atoms with Gasteiger partial charge in [0.15, 0.2) is 15.6 Å². The maximum Gasteiger partial charge on any atom is 0.255 e. The van der Waals surface area contributed by atoms with E-state index >= 15 is 0 Å². The number of nitrogens with two attached hydrogens (primary N) is 1. The molecule has 1 rings (SSSR count). The molecular formula is C11H16F2N2O3S2. The molecule has 0 radical (unpaired) electrons. The van der Waals surface area contributed by atoms with Crippen LogP contribution in [0.1, 0.15) is 29.9 Å². The average Bonchev–Trinajstić information content (AvgIpc) is 2.73. The lowest BCUT2D eigenvalue weighted by Crippen LogP contribution is -2.13. The summed E-state index contributed by atoms with van der Waals surface area (Å²) >= 11 is 0.805. The highest BCUT2D eigenvalue weighted by Crippen LogP contribution is 2.40. The van der Waals surface area contributed by atoms with Crippen molar-refractivity contribution in [2.24, 2.45) is 0 Å². The summed E-state index contributed by atoms with van der Waals surface area (Å²) in [5, 5.41) is 2.35. The number of carbonyl (C=O) groups is 1. The molecule has 0 fully saturated rings. The second-order valence-electron chi connectivity index (χ2n) is 3.96. The van der Waals surface area contributed by atoms with Crippen molar-refractivity contribution in [2.75, 3.05) is 23.3 Å². The van der Waals surface area contributed by atoms with Crippen LogP contribution >= 0.6 is 11.3 Å². The zero-order valence-electron chi connectivity index (χ0n) is 11.1. The van der Waals surface area contributed by atoms with E-state index < -0.39 is 22.8 Å². The highest BCUT2D eigenvalue weighted by Gasteiger charge is 2.28. The van der Waals surface area contributed by atoms with Gasteiger partial charge in [-0.1, -0.05) is 13.8 Å². The number of anilines is 2. The van der Waals surface area contributed by atoms with Gasteiger partial charge >= 0.3 is 0 Å². The van der Waals surface area contributed by atoms with Crippen LogP contribution in [-0.4, -0.2) is 32.9 Å². The molecule has 20 heavy (non-hydrogen) atoms. The summed E-state index contributed by atoms with van der Waals surface area (Å²) in [6.07, 6.45) is -2.48. The summed E-state index contributed by atoms with van der Waals surface area (Å²) in [5.74, 6) is -0.540. The van der Waals surface area contributed by atoms with Crippen molar-refractivity contribution >= 4 is 37.6 Å². The van der Waals surface area contributed by atoms with E-state index in [0.29, 0.717) is 0 Å². The van der Waals surface area contributed by atoms with Crippen molar-refractivity contribution in [1.29, 1.82) is 0 Å². The Morgan fingerprint density at radius 2 is 2.00 bits per heavy atom. The molecule has 3 N–H and O–H groups in total. The number of halogens is 2. The SMILES string of the molecule is CCC(=O)c1sc(NCC(F)F)c(S(=O)(=O)CC)c1N. The van der Waals surface area contributed by atoms with Gasteiger partial charge < -0.3 is 11.1 Å². The van der Waals surface area contributed by atoms with Crippen LogP contribution in [0.15, 0.2) is 4.90 Å². The number of nitrogens with one attached hydrogen (secondary N) is 1. The first-order valence-electron chi connectivity index (χ1n) is 5.94. The van der Waals surface area contributed by atoms with E-state index in [4.69, 9.17) is 5.73 Å². The molecular weight excluding hydrogens is 310 g/mol. The van der Waals surface area contributed by atoms with Gasteiger partial charge in [0, 0.05) is 6.42 Å². The molecule has 0 aliphatic carbocycles. The number of nitrogen functional groups attached to an aromatic ring is 1. The van der Waals surface area contributed by atoms with Crippen molar-refractivity contribution in [3.63, 3.8) is 0 Å². The lowest BCUT2D eigenvalue weighted by Gasteiger charge is -2.07. The fourth-order valence-electron chi connectivity index (χ4n) is 1.54. The molecule has 0 aromatic carbocycles. The molecule has 0 spiro atoms. The normalized spacial score (nSPS) is 11.8. The van der Waals surface area contributed by atoms with Crippen LogP contribution < -0.4 is 11.1 Å². The van der Waals surface area contributed by atoms with Gasteiger partial charge in [-0.05, 0) is 0 Å². The number of ketones is 1. The minimum Gasteiger partial charge on any atom is -0.396 e. The van der Waals surface area contributed by atoms with Gasteiger partial charge in [0.25, 0.3) is 6.43 Å². The maximum absolute atomic E-state index is 12.3. The molecule has 0 aliphatic heterocycles. The number of alkyl halides is 2.